The van der Waals surface area contributed by atoms with E-state index in [1.807, 2.05) is 6.07 Å². The lowest BCUT2D eigenvalue weighted by Crippen LogP contribution is -1.92. The maximum absolute atomic E-state index is 4.47. The molecule has 0 fully saturated rings. The third-order valence-electron chi connectivity index (χ3n) is 4.37. The summed E-state index contributed by atoms with van der Waals surface area (Å²) in [5, 5.41) is 0. The zero-order valence-corrected chi connectivity index (χ0v) is 13.8. The first-order valence-electron chi connectivity index (χ1n) is 8.10. The summed E-state index contributed by atoms with van der Waals surface area (Å²) in [4.78, 5) is 8.88. The van der Waals surface area contributed by atoms with Crippen LogP contribution in [0.3, 0.4) is 0 Å². The van der Waals surface area contributed by atoms with Gasteiger partial charge in [-0.25, -0.2) is 0 Å². The predicted molar refractivity (Wildman–Crippen MR) is 99.9 cm³/mol. The van der Waals surface area contributed by atoms with Crippen molar-refractivity contribution in [1.29, 1.82) is 0 Å². The van der Waals surface area contributed by atoms with Gasteiger partial charge in [0, 0.05) is 12.4 Å². The molecule has 1 aromatic heterocycles. The number of hydrogen-bond donors (Lipinski definition) is 0. The molecule has 0 N–H and O–H groups in total. The van der Waals surface area contributed by atoms with E-state index in [2.05, 4.69) is 78.4 Å². The van der Waals surface area contributed by atoms with Crippen LogP contribution in [0.15, 0.2) is 73.1 Å². The Balaban J connectivity index is 2.00. The van der Waals surface area contributed by atoms with Crippen molar-refractivity contribution in [2.24, 2.45) is 0 Å². The minimum Gasteiger partial charge on any atom is -0.253 e. The van der Waals surface area contributed by atoms with Crippen LogP contribution in [0.1, 0.15) is 11.1 Å². The van der Waals surface area contributed by atoms with E-state index in [-0.39, 0.29) is 0 Å². The van der Waals surface area contributed by atoms with Gasteiger partial charge >= 0.3 is 0 Å². The number of aryl methyl sites for hydroxylation is 2. The fraction of sp³-hybridized carbons (Fsp3) is 0.0909. The molecule has 0 saturated carbocycles. The van der Waals surface area contributed by atoms with E-state index in [1.165, 1.54) is 33.4 Å². The van der Waals surface area contributed by atoms with Crippen molar-refractivity contribution in [3.05, 3.63) is 84.2 Å². The zero-order chi connectivity index (χ0) is 16.5. The molecule has 2 heteroatoms. The quantitative estimate of drug-likeness (QED) is 0.483. The maximum Gasteiger partial charge on any atom is 0.0893 e. The van der Waals surface area contributed by atoms with Crippen LogP contribution in [0.25, 0.3) is 33.3 Å². The van der Waals surface area contributed by atoms with Crippen molar-refractivity contribution in [3.8, 4) is 22.3 Å². The summed E-state index contributed by atoms with van der Waals surface area (Å²) in [6.07, 6.45) is 3.49. The van der Waals surface area contributed by atoms with Crippen molar-refractivity contribution in [1.82, 2.24) is 9.97 Å². The fourth-order valence-corrected chi connectivity index (χ4v) is 3.16. The van der Waals surface area contributed by atoms with Crippen LogP contribution >= 0.6 is 0 Å². The molecule has 0 spiro atoms. The first-order valence-corrected chi connectivity index (χ1v) is 8.10. The number of benzene rings is 3. The molecule has 4 rings (SSSR count). The van der Waals surface area contributed by atoms with E-state index >= 15 is 0 Å². The normalized spacial score (nSPS) is 10.9. The molecule has 0 atom stereocenters. The van der Waals surface area contributed by atoms with Gasteiger partial charge in [0.15, 0.2) is 0 Å². The van der Waals surface area contributed by atoms with Crippen LogP contribution in [0, 0.1) is 13.8 Å². The van der Waals surface area contributed by atoms with Gasteiger partial charge in [0.2, 0.25) is 0 Å². The number of hydrogen-bond acceptors (Lipinski definition) is 2. The summed E-state index contributed by atoms with van der Waals surface area (Å²) in [6.45, 7) is 4.27. The van der Waals surface area contributed by atoms with E-state index in [4.69, 9.17) is 0 Å². The Hall–Kier alpha value is -3.00. The molecule has 0 radical (unpaired) electrons. The maximum atomic E-state index is 4.47. The number of fused-ring (bicyclic) bond motifs is 1. The molecule has 1 heterocycles. The van der Waals surface area contributed by atoms with E-state index in [0.717, 1.165) is 11.0 Å². The Labute approximate surface area is 141 Å². The molecule has 116 valence electrons. The van der Waals surface area contributed by atoms with Gasteiger partial charge < -0.3 is 0 Å². The van der Waals surface area contributed by atoms with Crippen molar-refractivity contribution in [2.45, 2.75) is 13.8 Å². The summed E-state index contributed by atoms with van der Waals surface area (Å²) >= 11 is 0. The first kappa shape index (κ1) is 14.6. The average molecular weight is 310 g/mol. The molecular formula is C22H18N2. The highest BCUT2D eigenvalue weighted by Crippen LogP contribution is 2.35. The van der Waals surface area contributed by atoms with Crippen molar-refractivity contribution in [3.63, 3.8) is 0 Å². The number of nitrogens with zero attached hydrogens (tertiary/aromatic N) is 2. The van der Waals surface area contributed by atoms with Gasteiger partial charge in [-0.3, -0.25) is 9.97 Å². The fourth-order valence-electron chi connectivity index (χ4n) is 3.16. The topological polar surface area (TPSA) is 25.8 Å². The third kappa shape index (κ3) is 2.56. The Morgan fingerprint density at radius 3 is 2.08 bits per heavy atom. The summed E-state index contributed by atoms with van der Waals surface area (Å²) in [7, 11) is 0. The third-order valence-corrected chi connectivity index (χ3v) is 4.37. The highest BCUT2D eigenvalue weighted by atomic mass is 14.8. The standard InChI is InChI=1S/C22H18N2/c1-15-8-9-18(17-6-4-3-5-7-17)20(12-15)19-14-22-21(13-16(19)2)23-10-11-24-22/h3-14H,1-2H3. The van der Waals surface area contributed by atoms with Crippen LogP contribution in [0.5, 0.6) is 0 Å². The molecule has 0 aliphatic rings. The Morgan fingerprint density at radius 1 is 0.625 bits per heavy atom. The highest BCUT2D eigenvalue weighted by molar-refractivity contribution is 5.90. The SMILES string of the molecule is Cc1ccc(-c2ccccc2)c(-c2cc3nccnc3cc2C)c1. The number of rotatable bonds is 2. The average Bonchev–Trinajstić information content (AvgIpc) is 2.62. The molecule has 0 aliphatic heterocycles. The molecule has 2 nitrogen and oxygen atoms in total. The van der Waals surface area contributed by atoms with Crippen LogP contribution in [-0.2, 0) is 0 Å². The van der Waals surface area contributed by atoms with E-state index in [0.29, 0.717) is 0 Å². The molecule has 0 bridgehead atoms. The smallest absolute Gasteiger partial charge is 0.0893 e. The van der Waals surface area contributed by atoms with E-state index in [9.17, 15) is 0 Å². The predicted octanol–water partition coefficient (Wildman–Crippen LogP) is 5.58. The summed E-state index contributed by atoms with van der Waals surface area (Å²) in [6, 6.07) is 21.4. The Kier molecular flexibility index (Phi) is 3.58. The summed E-state index contributed by atoms with van der Waals surface area (Å²) in [5.74, 6) is 0. The lowest BCUT2D eigenvalue weighted by molar-refractivity contribution is 1.28. The van der Waals surface area contributed by atoms with Crippen LogP contribution in [0.4, 0.5) is 0 Å². The Morgan fingerprint density at radius 2 is 1.33 bits per heavy atom. The van der Waals surface area contributed by atoms with Crippen LogP contribution < -0.4 is 0 Å². The molecule has 0 aliphatic carbocycles. The van der Waals surface area contributed by atoms with Gasteiger partial charge in [0.1, 0.15) is 0 Å². The minimum absolute atomic E-state index is 0.929. The van der Waals surface area contributed by atoms with Crippen molar-refractivity contribution >= 4 is 11.0 Å². The van der Waals surface area contributed by atoms with Gasteiger partial charge in [0.05, 0.1) is 11.0 Å². The largest absolute Gasteiger partial charge is 0.253 e. The van der Waals surface area contributed by atoms with Crippen molar-refractivity contribution < 1.29 is 0 Å². The van der Waals surface area contributed by atoms with Crippen LogP contribution in [0.2, 0.25) is 0 Å². The Bertz CT molecular complexity index is 1020. The minimum atomic E-state index is 0.929. The van der Waals surface area contributed by atoms with E-state index in [1.54, 1.807) is 12.4 Å². The molecule has 4 aromatic rings. The van der Waals surface area contributed by atoms with Crippen LogP contribution in [-0.4, -0.2) is 9.97 Å². The second-order valence-corrected chi connectivity index (χ2v) is 6.13. The molecule has 0 unspecified atom stereocenters. The molecule has 3 aromatic carbocycles. The zero-order valence-electron chi connectivity index (χ0n) is 13.8. The van der Waals surface area contributed by atoms with E-state index < -0.39 is 0 Å². The van der Waals surface area contributed by atoms with Gasteiger partial charge in [-0.1, -0.05) is 54.1 Å². The molecule has 0 amide bonds. The first-order chi connectivity index (χ1) is 11.7. The summed E-state index contributed by atoms with van der Waals surface area (Å²) in [5.41, 5.74) is 9.26. The lowest BCUT2D eigenvalue weighted by atomic mass is 9.90. The van der Waals surface area contributed by atoms with Gasteiger partial charge in [-0.2, -0.15) is 0 Å². The van der Waals surface area contributed by atoms with Crippen molar-refractivity contribution in [2.75, 3.05) is 0 Å². The highest BCUT2D eigenvalue weighted by Gasteiger charge is 2.11. The monoisotopic (exact) mass is 310 g/mol. The second kappa shape index (κ2) is 5.89. The number of aromatic nitrogens is 2. The van der Waals surface area contributed by atoms with Gasteiger partial charge in [-0.15, -0.1) is 0 Å². The molecular weight excluding hydrogens is 292 g/mol. The van der Waals surface area contributed by atoms with Gasteiger partial charge in [-0.05, 0) is 53.8 Å². The molecule has 0 saturated heterocycles. The lowest BCUT2D eigenvalue weighted by Gasteiger charge is -2.14. The summed E-state index contributed by atoms with van der Waals surface area (Å²) < 4.78 is 0. The molecule has 24 heavy (non-hydrogen) atoms. The van der Waals surface area contributed by atoms with Gasteiger partial charge in [0.25, 0.3) is 0 Å². The second-order valence-electron chi connectivity index (χ2n) is 6.13.